The second kappa shape index (κ2) is 17.3. The molecule has 1 aliphatic heterocycles. The summed E-state index contributed by atoms with van der Waals surface area (Å²) in [5.41, 5.74) is 3.63. The first-order valence-corrected chi connectivity index (χ1v) is 13.1. The number of hydrogen-bond acceptors (Lipinski definition) is 5. The summed E-state index contributed by atoms with van der Waals surface area (Å²) < 4.78 is 10.7. The third-order valence-corrected chi connectivity index (χ3v) is 6.10. The molecule has 8 nitrogen and oxygen atoms in total. The molecule has 0 aromatic heterocycles. The van der Waals surface area contributed by atoms with Crippen LogP contribution in [0.4, 0.5) is 10.5 Å². The molecule has 0 aliphatic carbocycles. The summed E-state index contributed by atoms with van der Waals surface area (Å²) >= 11 is 0. The number of aryl methyl sites for hydroxylation is 2. The lowest BCUT2D eigenvalue weighted by Gasteiger charge is -2.36. The number of carbonyl (C=O) groups excluding carboxylic acids is 1. The van der Waals surface area contributed by atoms with Gasteiger partial charge in [0.25, 0.3) is 0 Å². The molecular weight excluding hydrogens is 494 g/mol. The predicted octanol–water partition coefficient (Wildman–Crippen LogP) is 5.25. The van der Waals surface area contributed by atoms with Gasteiger partial charge in [0, 0.05) is 50.9 Å². The SMILES string of the molecule is CCNC(=O)O.COc1ccc(N2CCN(C(=O)CCc3ccccc3)CC2)cc1OC.Cc1ccccc1. The van der Waals surface area contributed by atoms with Crippen LogP contribution in [0.25, 0.3) is 0 Å². The smallest absolute Gasteiger partial charge is 0.404 e. The maximum absolute atomic E-state index is 12.5. The second-order valence-electron chi connectivity index (χ2n) is 8.88. The first-order valence-electron chi connectivity index (χ1n) is 13.1. The third-order valence-electron chi connectivity index (χ3n) is 6.10. The molecule has 2 amide bonds. The number of nitrogens with one attached hydrogen (secondary N) is 1. The maximum Gasteiger partial charge on any atom is 0.404 e. The molecular formula is C31H41N3O5. The molecule has 0 atom stereocenters. The Labute approximate surface area is 232 Å². The van der Waals surface area contributed by atoms with Gasteiger partial charge >= 0.3 is 6.09 Å². The topological polar surface area (TPSA) is 91.3 Å². The second-order valence-corrected chi connectivity index (χ2v) is 8.88. The van der Waals surface area contributed by atoms with Crippen LogP contribution < -0.4 is 19.7 Å². The molecule has 8 heteroatoms. The first kappa shape index (κ1) is 31.0. The van der Waals surface area contributed by atoms with Gasteiger partial charge < -0.3 is 29.7 Å². The van der Waals surface area contributed by atoms with Crippen LogP contribution in [-0.4, -0.2) is 69.0 Å². The van der Waals surface area contributed by atoms with E-state index in [1.54, 1.807) is 21.1 Å². The van der Waals surface area contributed by atoms with Crippen molar-refractivity contribution in [2.75, 3.05) is 51.8 Å². The van der Waals surface area contributed by atoms with Crippen LogP contribution in [0, 0.1) is 6.92 Å². The first-order chi connectivity index (χ1) is 18.9. The average Bonchev–Trinajstić information content (AvgIpc) is 2.97. The van der Waals surface area contributed by atoms with Gasteiger partial charge in [0.05, 0.1) is 14.2 Å². The normalized spacial score (nSPS) is 12.2. The number of carbonyl (C=O) groups is 2. The van der Waals surface area contributed by atoms with Gasteiger partial charge in [-0.15, -0.1) is 0 Å². The molecule has 4 rings (SSSR count). The van der Waals surface area contributed by atoms with Crippen molar-refractivity contribution >= 4 is 17.7 Å². The van der Waals surface area contributed by atoms with E-state index in [2.05, 4.69) is 41.4 Å². The Morgan fingerprint density at radius 1 is 0.846 bits per heavy atom. The van der Waals surface area contributed by atoms with E-state index in [-0.39, 0.29) is 5.91 Å². The minimum atomic E-state index is -0.961. The van der Waals surface area contributed by atoms with E-state index in [4.69, 9.17) is 14.6 Å². The van der Waals surface area contributed by atoms with Gasteiger partial charge in [-0.3, -0.25) is 4.79 Å². The number of anilines is 1. The predicted molar refractivity (Wildman–Crippen MR) is 156 cm³/mol. The van der Waals surface area contributed by atoms with Gasteiger partial charge in [-0.05, 0) is 38.0 Å². The lowest BCUT2D eigenvalue weighted by Crippen LogP contribution is -2.48. The zero-order valence-electron chi connectivity index (χ0n) is 23.4. The molecule has 1 saturated heterocycles. The lowest BCUT2D eigenvalue weighted by molar-refractivity contribution is -0.131. The fraction of sp³-hybridized carbons (Fsp3) is 0.355. The monoisotopic (exact) mass is 535 g/mol. The molecule has 1 heterocycles. The van der Waals surface area contributed by atoms with Gasteiger partial charge in [0.1, 0.15) is 0 Å². The van der Waals surface area contributed by atoms with Crippen LogP contribution in [0.5, 0.6) is 11.5 Å². The lowest BCUT2D eigenvalue weighted by atomic mass is 10.1. The summed E-state index contributed by atoms with van der Waals surface area (Å²) in [5, 5.41) is 9.93. The van der Waals surface area contributed by atoms with Gasteiger partial charge in [0.2, 0.25) is 5.91 Å². The molecule has 0 radical (unpaired) electrons. The maximum atomic E-state index is 12.5. The van der Waals surface area contributed by atoms with E-state index in [1.807, 2.05) is 59.5 Å². The highest BCUT2D eigenvalue weighted by molar-refractivity contribution is 5.77. The van der Waals surface area contributed by atoms with Gasteiger partial charge in [-0.1, -0.05) is 66.2 Å². The number of rotatable bonds is 7. The van der Waals surface area contributed by atoms with Crippen LogP contribution in [0.15, 0.2) is 78.9 Å². The number of carboxylic acid groups (broad SMARTS) is 1. The van der Waals surface area contributed by atoms with Crippen LogP contribution in [0.3, 0.4) is 0 Å². The summed E-state index contributed by atoms with van der Waals surface area (Å²) in [6.45, 7) is 7.45. The number of piperazine rings is 1. The number of amides is 2. The molecule has 1 fully saturated rings. The van der Waals surface area contributed by atoms with Crippen molar-refractivity contribution in [2.24, 2.45) is 0 Å². The number of benzene rings is 3. The Balaban J connectivity index is 0.000000337. The van der Waals surface area contributed by atoms with Crippen LogP contribution in [0.2, 0.25) is 0 Å². The average molecular weight is 536 g/mol. The van der Waals surface area contributed by atoms with E-state index in [9.17, 15) is 9.59 Å². The zero-order chi connectivity index (χ0) is 28.5. The Kier molecular flexibility index (Phi) is 13.8. The fourth-order valence-electron chi connectivity index (χ4n) is 3.98. The van der Waals surface area contributed by atoms with Crippen molar-refractivity contribution < 1.29 is 24.2 Å². The van der Waals surface area contributed by atoms with Gasteiger partial charge in [-0.25, -0.2) is 4.79 Å². The van der Waals surface area contributed by atoms with Gasteiger partial charge in [0.15, 0.2) is 11.5 Å². The highest BCUT2D eigenvalue weighted by Gasteiger charge is 2.21. The summed E-state index contributed by atoms with van der Waals surface area (Å²) in [6.07, 6.45) is 0.410. The Hall–Kier alpha value is -4.20. The Bertz CT molecular complexity index is 1120. The van der Waals surface area contributed by atoms with E-state index in [1.165, 1.54) is 11.1 Å². The van der Waals surface area contributed by atoms with Crippen molar-refractivity contribution in [3.8, 4) is 11.5 Å². The molecule has 0 bridgehead atoms. The van der Waals surface area contributed by atoms with Crippen molar-refractivity contribution in [3.05, 3.63) is 90.0 Å². The third kappa shape index (κ3) is 11.4. The summed E-state index contributed by atoms with van der Waals surface area (Å²) in [4.78, 5) is 26.2. The van der Waals surface area contributed by atoms with Crippen molar-refractivity contribution in [2.45, 2.75) is 26.7 Å². The van der Waals surface area contributed by atoms with E-state index in [0.29, 0.717) is 13.0 Å². The van der Waals surface area contributed by atoms with Crippen LogP contribution in [-0.2, 0) is 11.2 Å². The van der Waals surface area contributed by atoms with Crippen LogP contribution in [0.1, 0.15) is 24.5 Å². The van der Waals surface area contributed by atoms with Gasteiger partial charge in [-0.2, -0.15) is 0 Å². The number of methoxy groups -OCH3 is 2. The van der Waals surface area contributed by atoms with Crippen molar-refractivity contribution in [1.29, 1.82) is 0 Å². The largest absolute Gasteiger partial charge is 0.493 e. The molecule has 3 aromatic carbocycles. The summed E-state index contributed by atoms with van der Waals surface area (Å²) in [6, 6.07) is 26.4. The highest BCUT2D eigenvalue weighted by atomic mass is 16.5. The Morgan fingerprint density at radius 3 is 1.90 bits per heavy atom. The minimum Gasteiger partial charge on any atom is -0.493 e. The molecule has 2 N–H and O–H groups in total. The molecule has 0 unspecified atom stereocenters. The van der Waals surface area contributed by atoms with E-state index in [0.717, 1.165) is 49.8 Å². The molecule has 210 valence electrons. The van der Waals surface area contributed by atoms with E-state index < -0.39 is 6.09 Å². The summed E-state index contributed by atoms with van der Waals surface area (Å²) in [5.74, 6) is 1.69. The highest BCUT2D eigenvalue weighted by Crippen LogP contribution is 2.31. The molecule has 3 aromatic rings. The standard InChI is InChI=1S/C21H26N2O3.C7H8.C3H7NO2/c1-25-19-10-9-18(16-20(19)26-2)22-12-14-23(15-13-22)21(24)11-8-17-6-4-3-5-7-17;1-7-5-3-2-4-6-7;1-2-4-3(5)6/h3-7,9-10,16H,8,11-15H2,1-2H3;2-6H,1H3;4H,2H2,1H3,(H,5,6). The minimum absolute atomic E-state index is 0.237. The molecule has 0 spiro atoms. The number of nitrogens with zero attached hydrogens (tertiary/aromatic N) is 2. The number of ether oxygens (including phenoxy) is 2. The number of hydrogen-bond donors (Lipinski definition) is 2. The quantitative estimate of drug-likeness (QED) is 0.429. The fourth-order valence-corrected chi connectivity index (χ4v) is 3.98. The summed E-state index contributed by atoms with van der Waals surface area (Å²) in [7, 11) is 3.28. The van der Waals surface area contributed by atoms with Crippen molar-refractivity contribution in [3.63, 3.8) is 0 Å². The molecule has 1 aliphatic rings. The molecule has 39 heavy (non-hydrogen) atoms. The zero-order valence-corrected chi connectivity index (χ0v) is 23.4. The molecule has 0 saturated carbocycles. The van der Waals surface area contributed by atoms with Crippen LogP contribution >= 0.6 is 0 Å². The Morgan fingerprint density at radius 2 is 1.44 bits per heavy atom. The van der Waals surface area contributed by atoms with Crippen molar-refractivity contribution in [1.82, 2.24) is 10.2 Å². The van der Waals surface area contributed by atoms with E-state index >= 15 is 0 Å².